The first-order valence-corrected chi connectivity index (χ1v) is 13.8. The predicted molar refractivity (Wildman–Crippen MR) is 159 cm³/mol. The Morgan fingerprint density at radius 3 is 2.30 bits per heavy atom. The van der Waals surface area contributed by atoms with Crippen LogP contribution in [0.3, 0.4) is 0 Å². The third-order valence-electron chi connectivity index (χ3n) is 8.05. The van der Waals surface area contributed by atoms with Crippen molar-refractivity contribution in [2.45, 2.75) is 24.8 Å². The van der Waals surface area contributed by atoms with Crippen molar-refractivity contribution >= 4 is 34.2 Å². The summed E-state index contributed by atoms with van der Waals surface area (Å²) in [5.74, 6) is 1.84. The number of nitrogens with zero attached hydrogens (tertiary/aromatic N) is 5. The number of rotatable bonds is 6. The molecule has 0 bridgehead atoms. The van der Waals surface area contributed by atoms with E-state index in [4.69, 9.17) is 26.2 Å². The highest BCUT2D eigenvalue weighted by atomic mass is 16.5. The topological polar surface area (TPSA) is 120 Å². The van der Waals surface area contributed by atoms with Crippen LogP contribution in [0.1, 0.15) is 24.8 Å². The molecule has 4 heterocycles. The number of nitrogens with two attached hydrogens (primary N) is 2. The maximum atomic E-state index is 6.60. The molecular weight excluding hydrogens is 500 g/mol. The minimum absolute atomic E-state index is 0.223. The van der Waals surface area contributed by atoms with Gasteiger partial charge in [-0.25, -0.2) is 15.0 Å². The van der Waals surface area contributed by atoms with Crippen molar-refractivity contribution in [1.82, 2.24) is 19.5 Å². The number of morpholine rings is 1. The molecule has 2 aromatic carbocycles. The van der Waals surface area contributed by atoms with Crippen molar-refractivity contribution in [3.63, 3.8) is 0 Å². The van der Waals surface area contributed by atoms with Crippen LogP contribution >= 0.6 is 0 Å². The van der Waals surface area contributed by atoms with Crippen LogP contribution in [-0.4, -0.2) is 45.8 Å². The summed E-state index contributed by atoms with van der Waals surface area (Å²) in [5.41, 5.74) is 19.2. The SMILES string of the molecule is Nc1ncccc1-c1nc2ccc(Nc3ccc(N4CCOCC4)cc3)nc2n1-c1ccc(C2(N)CCC2)cc1. The van der Waals surface area contributed by atoms with Gasteiger partial charge in [0.2, 0.25) is 0 Å². The maximum Gasteiger partial charge on any atom is 0.167 e. The van der Waals surface area contributed by atoms with E-state index >= 15 is 0 Å². The van der Waals surface area contributed by atoms with E-state index in [-0.39, 0.29) is 5.54 Å². The monoisotopic (exact) mass is 532 g/mol. The summed E-state index contributed by atoms with van der Waals surface area (Å²) in [5, 5.41) is 3.46. The van der Waals surface area contributed by atoms with Gasteiger partial charge in [-0.05, 0) is 85.5 Å². The molecule has 1 aliphatic heterocycles. The van der Waals surface area contributed by atoms with E-state index in [9.17, 15) is 0 Å². The summed E-state index contributed by atoms with van der Waals surface area (Å²) in [6.07, 6.45) is 4.89. The third-order valence-corrected chi connectivity index (χ3v) is 8.05. The molecule has 1 saturated heterocycles. The zero-order valence-corrected chi connectivity index (χ0v) is 22.3. The number of benzene rings is 2. The summed E-state index contributed by atoms with van der Waals surface area (Å²) in [6.45, 7) is 3.35. The fourth-order valence-corrected chi connectivity index (χ4v) is 5.57. The third kappa shape index (κ3) is 4.43. The predicted octanol–water partition coefficient (Wildman–Crippen LogP) is 4.98. The average Bonchev–Trinajstić information content (AvgIpc) is 3.35. The van der Waals surface area contributed by atoms with E-state index in [0.717, 1.165) is 78.6 Å². The Morgan fingerprint density at radius 1 is 0.850 bits per heavy atom. The van der Waals surface area contributed by atoms with E-state index in [0.29, 0.717) is 11.6 Å². The molecule has 9 heteroatoms. The first kappa shape index (κ1) is 24.6. The molecule has 3 aromatic heterocycles. The smallest absolute Gasteiger partial charge is 0.167 e. The molecule has 2 aliphatic rings. The number of ether oxygens (including phenoxy) is 1. The minimum Gasteiger partial charge on any atom is -0.383 e. The first-order valence-electron chi connectivity index (χ1n) is 13.8. The molecule has 0 spiro atoms. The van der Waals surface area contributed by atoms with Crippen molar-refractivity contribution in [3.05, 3.63) is 84.6 Å². The summed E-state index contributed by atoms with van der Waals surface area (Å²) < 4.78 is 7.52. The Balaban J connectivity index is 1.26. The largest absolute Gasteiger partial charge is 0.383 e. The van der Waals surface area contributed by atoms with E-state index in [1.54, 1.807) is 6.20 Å². The van der Waals surface area contributed by atoms with Gasteiger partial charge in [-0.3, -0.25) is 4.57 Å². The number of anilines is 4. The van der Waals surface area contributed by atoms with E-state index in [2.05, 4.69) is 63.7 Å². The van der Waals surface area contributed by atoms with Gasteiger partial charge >= 0.3 is 0 Å². The second-order valence-electron chi connectivity index (χ2n) is 10.6. The van der Waals surface area contributed by atoms with Crippen LogP contribution < -0.4 is 21.7 Å². The van der Waals surface area contributed by atoms with E-state index in [1.807, 2.05) is 28.8 Å². The lowest BCUT2D eigenvalue weighted by Crippen LogP contribution is -2.43. The number of imidazole rings is 1. The van der Waals surface area contributed by atoms with Crippen LogP contribution in [0.2, 0.25) is 0 Å². The van der Waals surface area contributed by atoms with Crippen molar-refractivity contribution < 1.29 is 4.74 Å². The van der Waals surface area contributed by atoms with Gasteiger partial charge in [0, 0.05) is 41.9 Å². The zero-order chi connectivity index (χ0) is 27.1. The number of fused-ring (bicyclic) bond motifs is 1. The van der Waals surface area contributed by atoms with Gasteiger partial charge in [0.15, 0.2) is 11.5 Å². The lowest BCUT2D eigenvalue weighted by Gasteiger charge is -2.38. The maximum absolute atomic E-state index is 6.60. The highest BCUT2D eigenvalue weighted by molar-refractivity contribution is 5.84. The number of nitrogens with one attached hydrogen (secondary N) is 1. The average molecular weight is 533 g/mol. The molecule has 2 fully saturated rings. The lowest BCUT2D eigenvalue weighted by molar-refractivity contribution is 0.122. The second-order valence-corrected chi connectivity index (χ2v) is 10.6. The Kier molecular flexibility index (Phi) is 6.10. The van der Waals surface area contributed by atoms with Crippen LogP contribution in [0.15, 0.2) is 79.0 Å². The molecule has 9 nitrogen and oxygen atoms in total. The molecule has 0 atom stereocenters. The van der Waals surface area contributed by atoms with Gasteiger partial charge in [-0.15, -0.1) is 0 Å². The second kappa shape index (κ2) is 9.93. The zero-order valence-electron chi connectivity index (χ0n) is 22.3. The molecule has 202 valence electrons. The number of aromatic nitrogens is 4. The number of hydrogen-bond acceptors (Lipinski definition) is 8. The standard InChI is InChI=1S/C31H32N8O/c32-28-25(3-1-16-34-28)29-36-26-12-13-27(35-22-6-10-23(11-7-22)38-17-19-40-20-18-38)37-30(26)39(29)24-8-4-21(5-9-24)31(33)14-2-15-31/h1,3-13,16H,2,14-15,17-20,33H2,(H2,32,34)(H,35,37). The van der Waals surface area contributed by atoms with Crippen LogP contribution in [0.4, 0.5) is 23.0 Å². The Labute approximate surface area is 232 Å². The van der Waals surface area contributed by atoms with E-state index in [1.165, 1.54) is 12.1 Å². The molecule has 40 heavy (non-hydrogen) atoms. The molecular formula is C31H32N8O. The van der Waals surface area contributed by atoms with Crippen LogP contribution in [0, 0.1) is 0 Å². The fourth-order valence-electron chi connectivity index (χ4n) is 5.57. The van der Waals surface area contributed by atoms with Crippen molar-refractivity contribution in [3.8, 4) is 17.1 Å². The highest BCUT2D eigenvalue weighted by Crippen LogP contribution is 2.39. The molecule has 1 saturated carbocycles. The van der Waals surface area contributed by atoms with Crippen molar-refractivity contribution in [1.29, 1.82) is 0 Å². The first-order chi connectivity index (χ1) is 19.6. The Morgan fingerprint density at radius 2 is 1.60 bits per heavy atom. The molecule has 5 aromatic rings. The van der Waals surface area contributed by atoms with Crippen molar-refractivity contribution in [2.24, 2.45) is 5.73 Å². The molecule has 0 unspecified atom stereocenters. The lowest BCUT2D eigenvalue weighted by atomic mass is 9.73. The van der Waals surface area contributed by atoms with Gasteiger partial charge in [0.05, 0.1) is 18.8 Å². The Hall–Kier alpha value is -4.47. The van der Waals surface area contributed by atoms with Gasteiger partial charge in [-0.2, -0.15) is 0 Å². The molecule has 0 radical (unpaired) electrons. The normalized spacial score (nSPS) is 16.6. The van der Waals surface area contributed by atoms with E-state index < -0.39 is 0 Å². The molecule has 0 amide bonds. The fraction of sp³-hybridized carbons (Fsp3) is 0.258. The Bertz CT molecular complexity index is 1650. The van der Waals surface area contributed by atoms with Crippen LogP contribution in [0.5, 0.6) is 0 Å². The summed E-state index contributed by atoms with van der Waals surface area (Å²) >= 11 is 0. The number of pyridine rings is 2. The van der Waals surface area contributed by atoms with Crippen molar-refractivity contribution in [2.75, 3.05) is 42.3 Å². The highest BCUT2D eigenvalue weighted by Gasteiger charge is 2.34. The van der Waals surface area contributed by atoms with Gasteiger partial charge < -0.3 is 26.4 Å². The van der Waals surface area contributed by atoms with Gasteiger partial charge in [0.1, 0.15) is 17.2 Å². The molecule has 7 rings (SSSR count). The number of hydrogen-bond donors (Lipinski definition) is 3. The van der Waals surface area contributed by atoms with Crippen LogP contribution in [0.25, 0.3) is 28.2 Å². The quantitative estimate of drug-likeness (QED) is 0.280. The van der Waals surface area contributed by atoms with Gasteiger partial charge in [-0.1, -0.05) is 12.1 Å². The molecule has 5 N–H and O–H groups in total. The molecule has 1 aliphatic carbocycles. The summed E-state index contributed by atoms with van der Waals surface area (Å²) in [6, 6.07) is 24.6. The summed E-state index contributed by atoms with van der Waals surface area (Å²) in [7, 11) is 0. The number of nitrogen functional groups attached to an aromatic ring is 1. The summed E-state index contributed by atoms with van der Waals surface area (Å²) in [4.78, 5) is 16.6. The van der Waals surface area contributed by atoms with Crippen LogP contribution in [-0.2, 0) is 10.3 Å². The van der Waals surface area contributed by atoms with Gasteiger partial charge in [0.25, 0.3) is 0 Å². The minimum atomic E-state index is -0.223.